The molecule has 144 valence electrons. The summed E-state index contributed by atoms with van der Waals surface area (Å²) >= 11 is 0. The van der Waals surface area contributed by atoms with E-state index in [1.165, 1.54) is 0 Å². The molecule has 2 N–H and O–H groups in total. The van der Waals surface area contributed by atoms with Crippen molar-refractivity contribution in [3.8, 4) is 5.75 Å². The topological polar surface area (TPSA) is 67.4 Å². The number of benzene rings is 2. The molecule has 1 heterocycles. The Kier molecular flexibility index (Phi) is 4.67. The summed E-state index contributed by atoms with van der Waals surface area (Å²) in [5.74, 6) is 0.791. The van der Waals surface area contributed by atoms with Crippen molar-refractivity contribution in [3.05, 3.63) is 77.0 Å². The number of rotatable bonds is 4. The minimum Gasteiger partial charge on any atom is -0.489 e. The Hall–Kier alpha value is -3.08. The summed E-state index contributed by atoms with van der Waals surface area (Å²) in [4.78, 5) is 25.1. The summed E-state index contributed by atoms with van der Waals surface area (Å²) in [7, 11) is 0. The molecule has 1 atom stereocenters. The van der Waals surface area contributed by atoms with Crippen molar-refractivity contribution < 1.29 is 14.3 Å². The first-order valence-corrected chi connectivity index (χ1v) is 9.52. The molecule has 4 rings (SSSR count). The molecule has 0 radical (unpaired) electrons. The van der Waals surface area contributed by atoms with Crippen LogP contribution in [0.3, 0.4) is 0 Å². The van der Waals surface area contributed by atoms with Crippen LogP contribution >= 0.6 is 0 Å². The highest BCUT2D eigenvalue weighted by Gasteiger charge is 2.40. The lowest BCUT2D eigenvalue weighted by molar-refractivity contribution is -0.118. The largest absolute Gasteiger partial charge is 0.489 e. The highest BCUT2D eigenvalue weighted by Crippen LogP contribution is 2.41. The van der Waals surface area contributed by atoms with Crippen molar-refractivity contribution in [2.45, 2.75) is 39.3 Å². The normalized spacial score (nSPS) is 20.9. The molecule has 5 nitrogen and oxygen atoms in total. The van der Waals surface area contributed by atoms with Gasteiger partial charge in [0.2, 0.25) is 0 Å². The molecule has 1 aliphatic heterocycles. The molecule has 1 aliphatic carbocycles. The molecule has 0 fully saturated rings. The zero-order chi connectivity index (χ0) is 19.7. The van der Waals surface area contributed by atoms with Crippen LogP contribution in [-0.4, -0.2) is 11.8 Å². The van der Waals surface area contributed by atoms with E-state index in [0.717, 1.165) is 16.8 Å². The number of allylic oxidation sites excluding steroid dienone is 1. The quantitative estimate of drug-likeness (QED) is 0.838. The van der Waals surface area contributed by atoms with Crippen molar-refractivity contribution in [2.75, 3.05) is 0 Å². The molecule has 0 spiro atoms. The van der Waals surface area contributed by atoms with E-state index >= 15 is 0 Å². The first-order chi connectivity index (χ1) is 13.4. The third-order valence-corrected chi connectivity index (χ3v) is 5.19. The summed E-state index contributed by atoms with van der Waals surface area (Å²) in [6.07, 6.45) is 1.16. The summed E-state index contributed by atoms with van der Waals surface area (Å²) in [5, 5.41) is 5.75. The summed E-state index contributed by atoms with van der Waals surface area (Å²) in [6, 6.07) is 16.8. The number of carbonyl (C=O) groups excluding carboxylic acids is 2. The van der Waals surface area contributed by atoms with Crippen molar-refractivity contribution in [1.82, 2.24) is 10.6 Å². The second-order valence-corrected chi connectivity index (χ2v) is 8.21. The molecule has 2 aromatic rings. The Morgan fingerprint density at radius 2 is 1.82 bits per heavy atom. The number of carbonyl (C=O) groups is 2. The predicted octanol–water partition coefficient (Wildman–Crippen LogP) is 4.26. The van der Waals surface area contributed by atoms with E-state index in [1.807, 2.05) is 54.6 Å². The Bertz CT molecular complexity index is 947. The Morgan fingerprint density at radius 1 is 1.04 bits per heavy atom. The van der Waals surface area contributed by atoms with Gasteiger partial charge in [0.1, 0.15) is 12.4 Å². The van der Waals surface area contributed by atoms with Crippen LogP contribution in [0.5, 0.6) is 5.75 Å². The van der Waals surface area contributed by atoms with Gasteiger partial charge in [0.05, 0.1) is 6.04 Å². The van der Waals surface area contributed by atoms with Gasteiger partial charge in [-0.05, 0) is 35.1 Å². The average Bonchev–Trinajstić information content (AvgIpc) is 2.65. The highest BCUT2D eigenvalue weighted by atomic mass is 16.5. The highest BCUT2D eigenvalue weighted by molar-refractivity contribution is 6.01. The number of hydrogen-bond donors (Lipinski definition) is 2. The zero-order valence-electron chi connectivity index (χ0n) is 16.1. The summed E-state index contributed by atoms with van der Waals surface area (Å²) in [6.45, 7) is 4.57. The van der Waals surface area contributed by atoms with Gasteiger partial charge in [-0.3, -0.25) is 4.79 Å². The number of hydrogen-bond acceptors (Lipinski definition) is 3. The van der Waals surface area contributed by atoms with Gasteiger partial charge in [0.15, 0.2) is 5.78 Å². The smallest absolute Gasteiger partial charge is 0.319 e. The van der Waals surface area contributed by atoms with Crippen LogP contribution in [-0.2, 0) is 11.4 Å². The zero-order valence-corrected chi connectivity index (χ0v) is 16.1. The van der Waals surface area contributed by atoms with Crippen LogP contribution in [0.25, 0.3) is 0 Å². The molecular weight excluding hydrogens is 352 g/mol. The molecule has 0 saturated carbocycles. The van der Waals surface area contributed by atoms with Gasteiger partial charge in [0, 0.05) is 17.7 Å². The van der Waals surface area contributed by atoms with Crippen LogP contribution < -0.4 is 15.4 Å². The van der Waals surface area contributed by atoms with Gasteiger partial charge in [-0.1, -0.05) is 56.3 Å². The molecule has 0 saturated heterocycles. The standard InChI is InChI=1S/C23H24N2O3/c1-23(2)12-18-20(19(26)13-23)21(25-22(27)24-18)16-9-6-10-17(11-16)28-14-15-7-4-3-5-8-15/h3-11,21H,12-14H2,1-2H3,(H2,24,25,27)/t21-/m0/s1. The molecule has 0 aromatic heterocycles. The van der Waals surface area contributed by atoms with Crippen molar-refractivity contribution in [2.24, 2.45) is 5.41 Å². The maximum absolute atomic E-state index is 12.8. The van der Waals surface area contributed by atoms with E-state index in [-0.39, 0.29) is 17.2 Å². The third kappa shape index (κ3) is 3.79. The average molecular weight is 376 g/mol. The minimum absolute atomic E-state index is 0.0827. The van der Waals surface area contributed by atoms with Gasteiger partial charge >= 0.3 is 6.03 Å². The summed E-state index contributed by atoms with van der Waals surface area (Å²) in [5.41, 5.74) is 3.19. The van der Waals surface area contributed by atoms with Crippen molar-refractivity contribution in [1.29, 1.82) is 0 Å². The first-order valence-electron chi connectivity index (χ1n) is 9.52. The van der Waals surface area contributed by atoms with Crippen molar-refractivity contribution in [3.63, 3.8) is 0 Å². The fourth-order valence-electron chi connectivity index (χ4n) is 3.93. The monoisotopic (exact) mass is 376 g/mol. The lowest BCUT2D eigenvalue weighted by Crippen LogP contribution is -2.48. The Labute approximate surface area is 164 Å². The second kappa shape index (κ2) is 7.15. The Balaban J connectivity index is 1.61. The lowest BCUT2D eigenvalue weighted by atomic mass is 9.73. The van der Waals surface area contributed by atoms with Gasteiger partial charge < -0.3 is 15.4 Å². The second-order valence-electron chi connectivity index (χ2n) is 8.21. The SMILES string of the molecule is CC1(C)CC(=O)C2=C(C1)NC(=O)N[C@H]2c1cccc(OCc2ccccc2)c1. The lowest BCUT2D eigenvalue weighted by Gasteiger charge is -2.38. The molecular formula is C23H24N2O3. The van der Waals surface area contributed by atoms with Gasteiger partial charge in [-0.2, -0.15) is 0 Å². The van der Waals surface area contributed by atoms with Crippen LogP contribution in [0.1, 0.15) is 43.9 Å². The minimum atomic E-state index is -0.451. The van der Waals surface area contributed by atoms with Gasteiger partial charge in [-0.15, -0.1) is 0 Å². The maximum Gasteiger partial charge on any atom is 0.319 e. The molecule has 0 unspecified atom stereocenters. The first kappa shape index (κ1) is 18.3. The predicted molar refractivity (Wildman–Crippen MR) is 107 cm³/mol. The fourth-order valence-corrected chi connectivity index (χ4v) is 3.93. The maximum atomic E-state index is 12.8. The number of ether oxygens (including phenoxy) is 1. The van der Waals surface area contributed by atoms with E-state index < -0.39 is 6.04 Å². The van der Waals surface area contributed by atoms with Crippen LogP contribution in [0.2, 0.25) is 0 Å². The van der Waals surface area contributed by atoms with E-state index in [0.29, 0.717) is 30.8 Å². The number of Topliss-reactive ketones (excluding diaryl/α,β-unsaturated/α-hetero) is 1. The van der Waals surface area contributed by atoms with Gasteiger partial charge in [-0.25, -0.2) is 4.79 Å². The van der Waals surface area contributed by atoms with E-state index in [1.54, 1.807) is 0 Å². The van der Waals surface area contributed by atoms with E-state index in [9.17, 15) is 9.59 Å². The number of urea groups is 1. The van der Waals surface area contributed by atoms with Crippen molar-refractivity contribution >= 4 is 11.8 Å². The molecule has 2 amide bonds. The summed E-state index contributed by atoms with van der Waals surface area (Å²) < 4.78 is 5.92. The van der Waals surface area contributed by atoms with E-state index in [2.05, 4.69) is 24.5 Å². The molecule has 0 bridgehead atoms. The van der Waals surface area contributed by atoms with Crippen LogP contribution in [0, 0.1) is 5.41 Å². The number of ketones is 1. The van der Waals surface area contributed by atoms with Crippen LogP contribution in [0.4, 0.5) is 4.79 Å². The molecule has 2 aromatic carbocycles. The van der Waals surface area contributed by atoms with E-state index in [4.69, 9.17) is 4.74 Å². The number of nitrogens with one attached hydrogen (secondary N) is 2. The molecule has 28 heavy (non-hydrogen) atoms. The Morgan fingerprint density at radius 3 is 2.61 bits per heavy atom. The van der Waals surface area contributed by atoms with Crippen LogP contribution in [0.15, 0.2) is 65.9 Å². The molecule has 5 heteroatoms. The molecule has 2 aliphatic rings. The third-order valence-electron chi connectivity index (χ3n) is 5.19. The fraction of sp³-hybridized carbons (Fsp3) is 0.304. The number of amides is 2. The van der Waals surface area contributed by atoms with Gasteiger partial charge in [0.25, 0.3) is 0 Å².